The Morgan fingerprint density at radius 1 is 1.00 bits per heavy atom. The number of hydrogen-bond acceptors (Lipinski definition) is 6. The van der Waals surface area contributed by atoms with Crippen LogP contribution in [0.5, 0.6) is 0 Å². The van der Waals surface area contributed by atoms with E-state index in [1.54, 1.807) is 22.9 Å². The second kappa shape index (κ2) is 10.4. The van der Waals surface area contributed by atoms with E-state index in [0.29, 0.717) is 31.6 Å². The van der Waals surface area contributed by atoms with Gasteiger partial charge >= 0.3 is 0 Å². The molecule has 2 saturated heterocycles. The molecule has 2 aromatic carbocycles. The lowest BCUT2D eigenvalue weighted by atomic mass is 10.0. The maximum atomic E-state index is 12.8. The summed E-state index contributed by atoms with van der Waals surface area (Å²) in [7, 11) is -3.50. The van der Waals surface area contributed by atoms with Crippen LogP contribution in [0.1, 0.15) is 37.7 Å². The van der Waals surface area contributed by atoms with E-state index < -0.39 is 10.0 Å². The highest BCUT2D eigenvalue weighted by Gasteiger charge is 2.28. The van der Waals surface area contributed by atoms with Crippen LogP contribution in [0.4, 0.5) is 0 Å². The van der Waals surface area contributed by atoms with E-state index in [1.165, 1.54) is 9.87 Å². The minimum absolute atomic E-state index is 0.00314. The lowest BCUT2D eigenvalue weighted by Gasteiger charge is -2.32. The molecule has 1 amide bonds. The zero-order valence-electron chi connectivity index (χ0n) is 19.8. The van der Waals surface area contributed by atoms with Crippen molar-refractivity contribution in [2.45, 2.75) is 56.1 Å². The highest BCUT2D eigenvalue weighted by Crippen LogP contribution is 2.24. The van der Waals surface area contributed by atoms with Crippen LogP contribution >= 0.6 is 0 Å². The first-order valence-electron chi connectivity index (χ1n) is 12.4. The lowest BCUT2D eigenvalue weighted by Crippen LogP contribution is -2.44. The Hall–Kier alpha value is -2.82. The van der Waals surface area contributed by atoms with Gasteiger partial charge in [0.1, 0.15) is 5.52 Å². The molecule has 10 heteroatoms. The van der Waals surface area contributed by atoms with E-state index in [-0.39, 0.29) is 16.8 Å². The third kappa shape index (κ3) is 5.55. The van der Waals surface area contributed by atoms with Gasteiger partial charge in [-0.2, -0.15) is 4.31 Å². The molecule has 0 saturated carbocycles. The Morgan fingerprint density at radius 2 is 1.74 bits per heavy atom. The normalized spacial score (nSPS) is 18.3. The standard InChI is InChI=1S/C25H32N6O3S/c32-25(26-21-10-15-29(16-11-21)19-20-6-2-1-3-7-20)12-17-31-24-9-8-22(18-23(24)27-28-31)35(33,34)30-13-4-5-14-30/h1-3,6-9,18,21H,4-5,10-17,19H2,(H,26,32). The molecule has 3 aromatic rings. The predicted molar refractivity (Wildman–Crippen MR) is 133 cm³/mol. The first kappa shape index (κ1) is 23.9. The van der Waals surface area contributed by atoms with Crippen LogP contribution in [-0.2, 0) is 27.9 Å². The van der Waals surface area contributed by atoms with Gasteiger partial charge in [-0.05, 0) is 49.4 Å². The van der Waals surface area contributed by atoms with Gasteiger partial charge in [0, 0.05) is 45.2 Å². The summed E-state index contributed by atoms with van der Waals surface area (Å²) in [4.78, 5) is 15.3. The molecule has 2 fully saturated rings. The molecule has 9 nitrogen and oxygen atoms in total. The molecular formula is C25H32N6O3S. The molecule has 2 aliphatic rings. The van der Waals surface area contributed by atoms with Gasteiger partial charge in [0.05, 0.1) is 17.0 Å². The van der Waals surface area contributed by atoms with E-state index in [1.807, 2.05) is 6.07 Å². The van der Waals surface area contributed by atoms with E-state index >= 15 is 0 Å². The van der Waals surface area contributed by atoms with Crippen molar-refractivity contribution in [1.29, 1.82) is 0 Å². The van der Waals surface area contributed by atoms with Crippen molar-refractivity contribution in [2.75, 3.05) is 26.2 Å². The Bertz CT molecular complexity index is 1260. The number of rotatable bonds is 8. The number of aromatic nitrogens is 3. The van der Waals surface area contributed by atoms with Crippen LogP contribution in [0.25, 0.3) is 11.0 Å². The monoisotopic (exact) mass is 496 g/mol. The maximum absolute atomic E-state index is 12.8. The average Bonchev–Trinajstić information content (AvgIpc) is 3.55. The summed E-state index contributed by atoms with van der Waals surface area (Å²) in [6.45, 7) is 4.41. The maximum Gasteiger partial charge on any atom is 0.243 e. The van der Waals surface area contributed by atoms with Crippen LogP contribution in [0.2, 0.25) is 0 Å². The van der Waals surface area contributed by atoms with Gasteiger partial charge in [-0.15, -0.1) is 5.10 Å². The van der Waals surface area contributed by atoms with Crippen molar-refractivity contribution in [2.24, 2.45) is 0 Å². The topological polar surface area (TPSA) is 100 Å². The van der Waals surface area contributed by atoms with E-state index in [4.69, 9.17) is 0 Å². The van der Waals surface area contributed by atoms with Crippen molar-refractivity contribution in [3.05, 3.63) is 54.1 Å². The van der Waals surface area contributed by atoms with Gasteiger partial charge in [-0.1, -0.05) is 35.5 Å². The van der Waals surface area contributed by atoms with Gasteiger partial charge in [0.2, 0.25) is 15.9 Å². The highest BCUT2D eigenvalue weighted by atomic mass is 32.2. The van der Waals surface area contributed by atoms with E-state index in [0.717, 1.165) is 50.8 Å². The molecule has 0 unspecified atom stereocenters. The van der Waals surface area contributed by atoms with E-state index in [2.05, 4.69) is 44.8 Å². The quantitative estimate of drug-likeness (QED) is 0.514. The minimum atomic E-state index is -3.50. The molecule has 0 atom stereocenters. The summed E-state index contributed by atoms with van der Waals surface area (Å²) in [6, 6.07) is 15.6. The number of amides is 1. The van der Waals surface area contributed by atoms with Crippen LogP contribution < -0.4 is 5.32 Å². The number of sulfonamides is 1. The smallest absolute Gasteiger partial charge is 0.243 e. The van der Waals surface area contributed by atoms with Gasteiger partial charge in [0.15, 0.2) is 0 Å². The summed E-state index contributed by atoms with van der Waals surface area (Å²) in [6.07, 6.45) is 3.98. The van der Waals surface area contributed by atoms with Crippen LogP contribution in [0, 0.1) is 0 Å². The third-order valence-electron chi connectivity index (χ3n) is 6.94. The first-order valence-corrected chi connectivity index (χ1v) is 13.8. The Kier molecular flexibility index (Phi) is 7.12. The first-order chi connectivity index (χ1) is 17.0. The molecule has 0 aliphatic carbocycles. The van der Waals surface area contributed by atoms with Gasteiger partial charge < -0.3 is 5.32 Å². The zero-order valence-corrected chi connectivity index (χ0v) is 20.7. The second-order valence-electron chi connectivity index (χ2n) is 9.43. The number of nitrogens with zero attached hydrogens (tertiary/aromatic N) is 5. The summed E-state index contributed by atoms with van der Waals surface area (Å²) < 4.78 is 28.8. The molecule has 35 heavy (non-hydrogen) atoms. The van der Waals surface area contributed by atoms with Gasteiger partial charge in [0.25, 0.3) is 0 Å². The lowest BCUT2D eigenvalue weighted by molar-refractivity contribution is -0.122. The summed E-state index contributed by atoms with van der Waals surface area (Å²) in [5, 5.41) is 11.5. The molecule has 2 aliphatic heterocycles. The average molecular weight is 497 g/mol. The van der Waals surface area contributed by atoms with Crippen molar-refractivity contribution in [1.82, 2.24) is 29.5 Å². The summed E-state index contributed by atoms with van der Waals surface area (Å²) in [5.74, 6) is 0.00314. The number of carbonyl (C=O) groups excluding carboxylic acids is 1. The van der Waals surface area contributed by atoms with Crippen molar-refractivity contribution >= 4 is 27.0 Å². The van der Waals surface area contributed by atoms with E-state index in [9.17, 15) is 13.2 Å². The zero-order chi connectivity index (χ0) is 24.3. The van der Waals surface area contributed by atoms with Gasteiger partial charge in [-0.25, -0.2) is 13.1 Å². The molecule has 0 radical (unpaired) electrons. The number of nitrogens with one attached hydrogen (secondary N) is 1. The molecular weight excluding hydrogens is 464 g/mol. The molecule has 5 rings (SSSR count). The predicted octanol–water partition coefficient (Wildman–Crippen LogP) is 2.39. The molecule has 1 N–H and O–H groups in total. The van der Waals surface area contributed by atoms with Crippen molar-refractivity contribution in [3.8, 4) is 0 Å². The SMILES string of the molecule is O=C(CCn1nnc2cc(S(=O)(=O)N3CCCC3)ccc21)NC1CCN(Cc2ccccc2)CC1. The van der Waals surface area contributed by atoms with Gasteiger partial charge in [-0.3, -0.25) is 9.69 Å². The van der Waals surface area contributed by atoms with Crippen LogP contribution in [-0.4, -0.2) is 70.7 Å². The molecule has 1 aromatic heterocycles. The van der Waals surface area contributed by atoms with Crippen molar-refractivity contribution in [3.63, 3.8) is 0 Å². The fourth-order valence-electron chi connectivity index (χ4n) is 4.94. The highest BCUT2D eigenvalue weighted by molar-refractivity contribution is 7.89. The number of fused-ring (bicyclic) bond motifs is 1. The second-order valence-corrected chi connectivity index (χ2v) is 11.4. The van der Waals surface area contributed by atoms with Crippen LogP contribution in [0.3, 0.4) is 0 Å². The number of hydrogen-bond donors (Lipinski definition) is 1. The number of benzene rings is 2. The summed E-state index contributed by atoms with van der Waals surface area (Å²) >= 11 is 0. The van der Waals surface area contributed by atoms with Crippen LogP contribution in [0.15, 0.2) is 53.4 Å². The number of aryl methyl sites for hydroxylation is 1. The molecule has 0 spiro atoms. The number of piperidine rings is 1. The fraction of sp³-hybridized carbons (Fsp3) is 0.480. The van der Waals surface area contributed by atoms with Crippen molar-refractivity contribution < 1.29 is 13.2 Å². The molecule has 3 heterocycles. The third-order valence-corrected chi connectivity index (χ3v) is 8.84. The largest absolute Gasteiger partial charge is 0.353 e. The number of likely N-dealkylation sites (tertiary alicyclic amines) is 1. The summed E-state index contributed by atoms with van der Waals surface area (Å²) in [5.41, 5.74) is 2.57. The number of carbonyl (C=O) groups is 1. The molecule has 0 bridgehead atoms. The Labute approximate surface area is 206 Å². The Balaban J connectivity index is 1.12. The minimum Gasteiger partial charge on any atom is -0.353 e. The Morgan fingerprint density at radius 3 is 2.49 bits per heavy atom. The molecule has 186 valence electrons. The fourth-order valence-corrected chi connectivity index (χ4v) is 6.48.